The van der Waals surface area contributed by atoms with E-state index in [1.807, 2.05) is 26.0 Å². The number of amides is 2. The van der Waals surface area contributed by atoms with Gasteiger partial charge in [0.25, 0.3) is 5.91 Å². The summed E-state index contributed by atoms with van der Waals surface area (Å²) >= 11 is 0. The van der Waals surface area contributed by atoms with Crippen LogP contribution in [0.2, 0.25) is 0 Å². The molecule has 0 spiro atoms. The first-order chi connectivity index (χ1) is 12.0. The van der Waals surface area contributed by atoms with Crippen LogP contribution in [0.5, 0.6) is 5.75 Å². The molecule has 130 valence electrons. The zero-order valence-electron chi connectivity index (χ0n) is 14.7. The smallest absolute Gasteiger partial charge is 0.251 e. The summed E-state index contributed by atoms with van der Waals surface area (Å²) in [6.45, 7) is 4.63. The van der Waals surface area contributed by atoms with Gasteiger partial charge >= 0.3 is 0 Å². The van der Waals surface area contributed by atoms with Gasteiger partial charge in [0.15, 0.2) is 0 Å². The fraction of sp³-hybridized carbons (Fsp3) is 0.300. The number of benzene rings is 2. The third kappa shape index (κ3) is 3.65. The van der Waals surface area contributed by atoms with Crippen LogP contribution in [0.1, 0.15) is 27.9 Å². The summed E-state index contributed by atoms with van der Waals surface area (Å²) < 4.78 is 5.09. The molecule has 1 fully saturated rings. The Bertz CT molecular complexity index is 779. The molecule has 5 heteroatoms. The molecule has 0 saturated carbocycles. The van der Waals surface area contributed by atoms with Gasteiger partial charge in [-0.25, -0.2) is 0 Å². The van der Waals surface area contributed by atoms with Gasteiger partial charge in [-0.2, -0.15) is 0 Å². The molecule has 1 saturated heterocycles. The monoisotopic (exact) mass is 338 g/mol. The highest BCUT2D eigenvalue weighted by Crippen LogP contribution is 2.24. The first kappa shape index (κ1) is 17.0. The van der Waals surface area contributed by atoms with E-state index in [9.17, 15) is 9.59 Å². The van der Waals surface area contributed by atoms with E-state index >= 15 is 0 Å². The molecular formula is C20H22N2O3. The molecule has 1 N–H and O–H groups in total. The molecule has 0 aliphatic carbocycles. The Hall–Kier alpha value is -2.82. The molecule has 25 heavy (non-hydrogen) atoms. The lowest BCUT2D eigenvalue weighted by Gasteiger charge is -2.18. The Kier molecular flexibility index (Phi) is 4.74. The summed E-state index contributed by atoms with van der Waals surface area (Å²) in [4.78, 5) is 26.8. The van der Waals surface area contributed by atoms with Crippen LogP contribution in [0.4, 0.5) is 5.69 Å². The van der Waals surface area contributed by atoms with Crippen LogP contribution < -0.4 is 15.0 Å². The Morgan fingerprint density at radius 2 is 1.76 bits per heavy atom. The molecule has 0 aromatic heterocycles. The predicted molar refractivity (Wildman–Crippen MR) is 97.1 cm³/mol. The van der Waals surface area contributed by atoms with Gasteiger partial charge in [-0.05, 0) is 67.8 Å². The number of hydrogen-bond acceptors (Lipinski definition) is 3. The summed E-state index contributed by atoms with van der Waals surface area (Å²) in [5, 5.41) is 2.84. The van der Waals surface area contributed by atoms with Gasteiger partial charge in [0.2, 0.25) is 5.91 Å². The van der Waals surface area contributed by atoms with Crippen molar-refractivity contribution in [2.24, 2.45) is 0 Å². The SMILES string of the molecule is COc1ccc(C(=O)N[C@@H]2CCN(c3cc(C)cc(C)c3)C2=O)cc1. The van der Waals surface area contributed by atoms with Crippen molar-refractivity contribution in [3.8, 4) is 5.75 Å². The first-order valence-corrected chi connectivity index (χ1v) is 8.32. The van der Waals surface area contributed by atoms with Gasteiger partial charge in [-0.1, -0.05) is 6.07 Å². The Morgan fingerprint density at radius 1 is 1.12 bits per heavy atom. The quantitative estimate of drug-likeness (QED) is 0.932. The first-order valence-electron chi connectivity index (χ1n) is 8.32. The second kappa shape index (κ2) is 6.97. The van der Waals surface area contributed by atoms with Gasteiger partial charge in [-0.15, -0.1) is 0 Å². The van der Waals surface area contributed by atoms with Crippen molar-refractivity contribution in [3.05, 3.63) is 59.2 Å². The van der Waals surface area contributed by atoms with Crippen molar-refractivity contribution in [1.29, 1.82) is 0 Å². The van der Waals surface area contributed by atoms with Crippen LogP contribution in [0.15, 0.2) is 42.5 Å². The molecule has 2 aromatic carbocycles. The molecular weight excluding hydrogens is 316 g/mol. The van der Waals surface area contributed by atoms with Crippen LogP contribution in [0.3, 0.4) is 0 Å². The minimum absolute atomic E-state index is 0.0631. The second-order valence-electron chi connectivity index (χ2n) is 6.38. The molecule has 3 rings (SSSR count). The number of hydrogen-bond donors (Lipinski definition) is 1. The van der Waals surface area contributed by atoms with Crippen molar-refractivity contribution in [2.75, 3.05) is 18.6 Å². The lowest BCUT2D eigenvalue weighted by molar-refractivity contribution is -0.118. The van der Waals surface area contributed by atoms with E-state index in [0.29, 0.717) is 24.3 Å². The molecule has 1 heterocycles. The van der Waals surface area contributed by atoms with Gasteiger partial charge in [0.05, 0.1) is 7.11 Å². The van der Waals surface area contributed by atoms with Crippen molar-refractivity contribution < 1.29 is 14.3 Å². The number of anilines is 1. The molecule has 0 unspecified atom stereocenters. The molecule has 1 aliphatic heterocycles. The number of ether oxygens (including phenoxy) is 1. The van der Waals surface area contributed by atoms with Crippen LogP contribution >= 0.6 is 0 Å². The van der Waals surface area contributed by atoms with Gasteiger partial charge in [0.1, 0.15) is 11.8 Å². The Balaban J connectivity index is 1.70. The number of carbonyl (C=O) groups is 2. The van der Waals surface area contributed by atoms with Gasteiger partial charge in [0, 0.05) is 17.8 Å². The number of carbonyl (C=O) groups excluding carboxylic acids is 2. The third-order valence-corrected chi connectivity index (χ3v) is 4.38. The fourth-order valence-corrected chi connectivity index (χ4v) is 3.16. The highest BCUT2D eigenvalue weighted by Gasteiger charge is 2.33. The van der Waals surface area contributed by atoms with Gasteiger partial charge < -0.3 is 15.0 Å². The molecule has 0 bridgehead atoms. The summed E-state index contributed by atoms with van der Waals surface area (Å²) in [5.74, 6) is 0.379. The maximum atomic E-state index is 12.7. The minimum atomic E-state index is -0.490. The van der Waals surface area contributed by atoms with E-state index in [4.69, 9.17) is 4.74 Å². The molecule has 1 atom stereocenters. The summed E-state index contributed by atoms with van der Waals surface area (Å²) in [6.07, 6.45) is 0.605. The van der Waals surface area contributed by atoms with Crippen molar-refractivity contribution in [1.82, 2.24) is 5.32 Å². The van der Waals surface area contributed by atoms with Crippen LogP contribution in [0.25, 0.3) is 0 Å². The van der Waals surface area contributed by atoms with Crippen molar-refractivity contribution >= 4 is 17.5 Å². The maximum Gasteiger partial charge on any atom is 0.251 e. The lowest BCUT2D eigenvalue weighted by atomic mass is 10.1. The number of nitrogens with one attached hydrogen (secondary N) is 1. The lowest BCUT2D eigenvalue weighted by Crippen LogP contribution is -2.41. The van der Waals surface area contributed by atoms with E-state index in [0.717, 1.165) is 16.8 Å². The maximum absolute atomic E-state index is 12.7. The standard InChI is InChI=1S/C20H22N2O3/c1-13-10-14(2)12-16(11-13)22-9-8-18(20(22)24)21-19(23)15-4-6-17(25-3)7-5-15/h4-7,10-12,18H,8-9H2,1-3H3,(H,21,23)/t18-/m1/s1. The minimum Gasteiger partial charge on any atom is -0.497 e. The van der Waals surface area contributed by atoms with Crippen molar-refractivity contribution in [3.63, 3.8) is 0 Å². The van der Waals surface area contributed by atoms with Crippen LogP contribution in [0, 0.1) is 13.8 Å². The van der Waals surface area contributed by atoms with Gasteiger partial charge in [-0.3, -0.25) is 9.59 Å². The zero-order chi connectivity index (χ0) is 18.0. The molecule has 5 nitrogen and oxygen atoms in total. The van der Waals surface area contributed by atoms with Crippen LogP contribution in [-0.4, -0.2) is 31.5 Å². The molecule has 1 aliphatic rings. The average molecular weight is 338 g/mol. The molecule has 2 amide bonds. The number of aryl methyl sites for hydroxylation is 2. The van der Waals surface area contributed by atoms with E-state index in [1.54, 1.807) is 36.3 Å². The fourth-order valence-electron chi connectivity index (χ4n) is 3.16. The number of rotatable bonds is 4. The van der Waals surface area contributed by atoms with Crippen molar-refractivity contribution in [2.45, 2.75) is 26.3 Å². The Morgan fingerprint density at radius 3 is 2.36 bits per heavy atom. The van der Waals surface area contributed by atoms with E-state index in [1.165, 1.54) is 0 Å². The van der Waals surface area contributed by atoms with Crippen LogP contribution in [-0.2, 0) is 4.79 Å². The third-order valence-electron chi connectivity index (χ3n) is 4.38. The van der Waals surface area contributed by atoms with E-state index < -0.39 is 6.04 Å². The van der Waals surface area contributed by atoms with E-state index in [2.05, 4.69) is 11.4 Å². The molecule has 0 radical (unpaired) electrons. The topological polar surface area (TPSA) is 58.6 Å². The highest BCUT2D eigenvalue weighted by atomic mass is 16.5. The number of nitrogens with zero attached hydrogens (tertiary/aromatic N) is 1. The zero-order valence-corrected chi connectivity index (χ0v) is 14.7. The largest absolute Gasteiger partial charge is 0.497 e. The highest BCUT2D eigenvalue weighted by molar-refractivity contribution is 6.04. The molecule has 2 aromatic rings. The van der Waals surface area contributed by atoms with E-state index in [-0.39, 0.29) is 11.8 Å². The number of methoxy groups -OCH3 is 1. The second-order valence-corrected chi connectivity index (χ2v) is 6.38. The normalized spacial score (nSPS) is 16.8. The summed E-state index contributed by atoms with van der Waals surface area (Å²) in [6, 6.07) is 12.4. The summed E-state index contributed by atoms with van der Waals surface area (Å²) in [5.41, 5.74) is 3.64. The average Bonchev–Trinajstić information content (AvgIpc) is 2.95. The summed E-state index contributed by atoms with van der Waals surface area (Å²) in [7, 11) is 1.58. The predicted octanol–water partition coefficient (Wildman–Crippen LogP) is 2.85. The Labute approximate surface area is 147 Å².